The van der Waals surface area contributed by atoms with Crippen LogP contribution in [0.2, 0.25) is 5.02 Å². The first-order chi connectivity index (χ1) is 12.1. The minimum atomic E-state index is -0.421. The first-order valence-corrected chi connectivity index (χ1v) is 8.18. The van der Waals surface area contributed by atoms with E-state index in [2.05, 4.69) is 10.6 Å². The van der Waals surface area contributed by atoms with Gasteiger partial charge in [-0.2, -0.15) is 0 Å². The number of carbonyl (C=O) groups is 1. The first kappa shape index (κ1) is 19.0. The Morgan fingerprint density at radius 1 is 1.16 bits per heavy atom. The molecule has 0 aliphatic rings. The van der Waals surface area contributed by atoms with Gasteiger partial charge in [-0.1, -0.05) is 35.9 Å². The first-order valence-electron chi connectivity index (χ1n) is 7.80. The highest BCUT2D eigenvalue weighted by Gasteiger charge is 2.11. The van der Waals surface area contributed by atoms with E-state index in [4.69, 9.17) is 21.1 Å². The zero-order valence-electron chi connectivity index (χ0n) is 13.9. The Balaban J connectivity index is 1.89. The van der Waals surface area contributed by atoms with Gasteiger partial charge in [-0.25, -0.2) is 9.18 Å². The highest BCUT2D eigenvalue weighted by molar-refractivity contribution is 6.32. The normalized spacial score (nSPS) is 10.4. The van der Waals surface area contributed by atoms with Gasteiger partial charge in [-0.15, -0.1) is 0 Å². The fraction of sp³-hybridized carbons (Fsp3) is 0.278. The molecule has 2 amide bonds. The summed E-state index contributed by atoms with van der Waals surface area (Å²) in [7, 11) is 1.57. The van der Waals surface area contributed by atoms with Crippen LogP contribution in [0.25, 0.3) is 0 Å². The lowest BCUT2D eigenvalue weighted by Gasteiger charge is -2.14. The molecule has 0 unspecified atom stereocenters. The number of anilines is 1. The summed E-state index contributed by atoms with van der Waals surface area (Å²) in [6, 6.07) is 11.1. The SMILES string of the molecule is COCCOc1c(Cl)cccc1NC(=O)NCCc1ccccc1F. The quantitative estimate of drug-likeness (QED) is 0.697. The second-order valence-electron chi connectivity index (χ2n) is 5.18. The number of rotatable bonds is 8. The molecule has 0 spiro atoms. The van der Waals surface area contributed by atoms with Gasteiger partial charge in [-0.05, 0) is 30.2 Å². The Kier molecular flexibility index (Phi) is 7.50. The predicted octanol–water partition coefficient (Wildman–Crippen LogP) is 3.87. The highest BCUT2D eigenvalue weighted by atomic mass is 35.5. The van der Waals surface area contributed by atoms with Crippen LogP contribution in [0, 0.1) is 5.82 Å². The van der Waals surface area contributed by atoms with E-state index in [9.17, 15) is 9.18 Å². The van der Waals surface area contributed by atoms with E-state index in [-0.39, 0.29) is 5.82 Å². The molecule has 0 radical (unpaired) electrons. The number of carbonyl (C=O) groups excluding carboxylic acids is 1. The van der Waals surface area contributed by atoms with E-state index in [1.54, 1.807) is 43.5 Å². The Morgan fingerprint density at radius 2 is 1.96 bits per heavy atom. The molecule has 2 aromatic rings. The van der Waals surface area contributed by atoms with Crippen LogP contribution in [0.5, 0.6) is 5.75 Å². The number of methoxy groups -OCH3 is 1. The fourth-order valence-corrected chi connectivity index (χ4v) is 2.39. The summed E-state index contributed by atoms with van der Waals surface area (Å²) in [6.07, 6.45) is 0.396. The lowest BCUT2D eigenvalue weighted by molar-refractivity contribution is 0.146. The smallest absolute Gasteiger partial charge is 0.319 e. The second-order valence-corrected chi connectivity index (χ2v) is 5.59. The number of para-hydroxylation sites is 1. The van der Waals surface area contributed by atoms with E-state index in [0.717, 1.165) is 0 Å². The number of hydrogen-bond acceptors (Lipinski definition) is 3. The van der Waals surface area contributed by atoms with E-state index >= 15 is 0 Å². The van der Waals surface area contributed by atoms with Gasteiger partial charge in [0.15, 0.2) is 5.75 Å². The minimum Gasteiger partial charge on any atom is -0.487 e. The molecule has 134 valence electrons. The zero-order chi connectivity index (χ0) is 18.1. The largest absolute Gasteiger partial charge is 0.487 e. The van der Waals surface area contributed by atoms with Crippen LogP contribution in [0.4, 0.5) is 14.9 Å². The van der Waals surface area contributed by atoms with Crippen molar-refractivity contribution < 1.29 is 18.7 Å². The lowest BCUT2D eigenvalue weighted by atomic mass is 10.1. The Bertz CT molecular complexity index is 712. The molecule has 7 heteroatoms. The lowest BCUT2D eigenvalue weighted by Crippen LogP contribution is -2.30. The van der Waals surface area contributed by atoms with Gasteiger partial charge >= 0.3 is 6.03 Å². The molecule has 0 aliphatic carbocycles. The van der Waals surface area contributed by atoms with Crippen LogP contribution in [-0.2, 0) is 11.2 Å². The number of hydrogen-bond donors (Lipinski definition) is 2. The summed E-state index contributed by atoms with van der Waals surface area (Å²) in [5.74, 6) is 0.0962. The molecular formula is C18H20ClFN2O3. The topological polar surface area (TPSA) is 59.6 Å². The fourth-order valence-electron chi connectivity index (χ4n) is 2.16. The Morgan fingerprint density at radius 3 is 2.72 bits per heavy atom. The standard InChI is InChI=1S/C18H20ClFN2O3/c1-24-11-12-25-17-14(19)6-4-8-16(17)22-18(23)21-10-9-13-5-2-3-7-15(13)20/h2-8H,9-12H2,1H3,(H2,21,22,23). The molecule has 5 nitrogen and oxygen atoms in total. The monoisotopic (exact) mass is 366 g/mol. The van der Waals surface area contributed by atoms with Crippen molar-refractivity contribution in [2.45, 2.75) is 6.42 Å². The predicted molar refractivity (Wildman–Crippen MR) is 95.9 cm³/mol. The summed E-state index contributed by atoms with van der Waals surface area (Å²) in [4.78, 5) is 12.0. The molecule has 25 heavy (non-hydrogen) atoms. The number of amides is 2. The second kappa shape index (κ2) is 9.86. The molecule has 2 aromatic carbocycles. The summed E-state index contributed by atoms with van der Waals surface area (Å²) in [6.45, 7) is 1.01. The highest BCUT2D eigenvalue weighted by Crippen LogP contribution is 2.32. The van der Waals surface area contributed by atoms with Crippen molar-refractivity contribution in [2.24, 2.45) is 0 Å². The molecule has 0 bridgehead atoms. The van der Waals surface area contributed by atoms with E-state index in [1.165, 1.54) is 6.07 Å². The Hall–Kier alpha value is -2.31. The van der Waals surface area contributed by atoms with Gasteiger partial charge in [0.25, 0.3) is 0 Å². The summed E-state index contributed by atoms with van der Waals surface area (Å²) in [5.41, 5.74) is 1.00. The molecule has 0 aliphatic heterocycles. The summed E-state index contributed by atoms with van der Waals surface area (Å²) < 4.78 is 24.0. The Labute approximate surface area is 151 Å². The van der Waals surface area contributed by atoms with Crippen LogP contribution >= 0.6 is 11.6 Å². The third-order valence-electron chi connectivity index (χ3n) is 3.39. The van der Waals surface area contributed by atoms with Crippen molar-refractivity contribution in [2.75, 3.05) is 32.2 Å². The number of benzene rings is 2. The molecule has 0 saturated heterocycles. The summed E-state index contributed by atoms with van der Waals surface area (Å²) in [5, 5.41) is 5.75. The molecule has 2 N–H and O–H groups in total. The van der Waals surface area contributed by atoms with Gasteiger partial charge in [0.05, 0.1) is 17.3 Å². The van der Waals surface area contributed by atoms with Crippen molar-refractivity contribution in [1.29, 1.82) is 0 Å². The van der Waals surface area contributed by atoms with Crippen LogP contribution < -0.4 is 15.4 Å². The third-order valence-corrected chi connectivity index (χ3v) is 3.68. The van der Waals surface area contributed by atoms with Crippen LogP contribution in [0.1, 0.15) is 5.56 Å². The van der Waals surface area contributed by atoms with E-state index < -0.39 is 6.03 Å². The van der Waals surface area contributed by atoms with Gasteiger partial charge < -0.3 is 20.1 Å². The van der Waals surface area contributed by atoms with Crippen LogP contribution in [0.3, 0.4) is 0 Å². The van der Waals surface area contributed by atoms with E-state index in [1.807, 2.05) is 0 Å². The number of ether oxygens (including phenoxy) is 2. The average Bonchev–Trinajstić information content (AvgIpc) is 2.59. The number of halogens is 2. The van der Waals surface area contributed by atoms with Gasteiger partial charge in [-0.3, -0.25) is 0 Å². The molecule has 0 heterocycles. The molecule has 0 aromatic heterocycles. The molecule has 0 fully saturated rings. The van der Waals surface area contributed by atoms with Crippen molar-refractivity contribution >= 4 is 23.3 Å². The molecule has 2 rings (SSSR count). The zero-order valence-corrected chi connectivity index (χ0v) is 14.6. The van der Waals surface area contributed by atoms with Crippen molar-refractivity contribution in [3.05, 3.63) is 58.9 Å². The summed E-state index contributed by atoms with van der Waals surface area (Å²) >= 11 is 6.11. The molecular weight excluding hydrogens is 347 g/mol. The van der Waals surface area contributed by atoms with Crippen LogP contribution in [0.15, 0.2) is 42.5 Å². The third kappa shape index (κ3) is 5.92. The van der Waals surface area contributed by atoms with Crippen LogP contribution in [-0.4, -0.2) is 32.9 Å². The van der Waals surface area contributed by atoms with Gasteiger partial charge in [0.1, 0.15) is 12.4 Å². The van der Waals surface area contributed by atoms with Crippen molar-refractivity contribution in [1.82, 2.24) is 5.32 Å². The van der Waals surface area contributed by atoms with Crippen molar-refractivity contribution in [3.8, 4) is 5.75 Å². The van der Waals surface area contributed by atoms with Crippen molar-refractivity contribution in [3.63, 3.8) is 0 Å². The maximum Gasteiger partial charge on any atom is 0.319 e. The van der Waals surface area contributed by atoms with E-state index in [0.29, 0.717) is 48.2 Å². The molecule has 0 atom stereocenters. The van der Waals surface area contributed by atoms with Gasteiger partial charge in [0, 0.05) is 13.7 Å². The maximum absolute atomic E-state index is 13.5. The maximum atomic E-state index is 13.5. The minimum absolute atomic E-state index is 0.284. The average molecular weight is 367 g/mol. The molecule has 0 saturated carbocycles. The number of nitrogens with one attached hydrogen (secondary N) is 2. The number of urea groups is 1. The van der Waals surface area contributed by atoms with Gasteiger partial charge in [0.2, 0.25) is 0 Å².